The molecule has 0 saturated heterocycles. The van der Waals surface area contributed by atoms with Gasteiger partial charge in [0.05, 0.1) is 20.8 Å². The Morgan fingerprint density at radius 2 is 1.74 bits per heavy atom. The van der Waals surface area contributed by atoms with Gasteiger partial charge in [0.2, 0.25) is 0 Å². The van der Waals surface area contributed by atoms with E-state index in [2.05, 4.69) is 21.7 Å². The summed E-state index contributed by atoms with van der Waals surface area (Å²) in [6, 6.07) is 13.9. The molecule has 0 aliphatic carbocycles. The first-order valence-corrected chi connectivity index (χ1v) is 9.08. The van der Waals surface area contributed by atoms with Crippen LogP contribution in [0.1, 0.15) is 18.1 Å². The number of guanidine groups is 1. The Hall–Kier alpha value is -2.89. The molecule has 0 spiro atoms. The minimum atomic E-state index is 0.597. The molecule has 0 aliphatic heterocycles. The number of aliphatic imine (C=N–C) groups is 1. The highest BCUT2D eigenvalue weighted by molar-refractivity contribution is 5.79. The molecule has 2 N–H and O–H groups in total. The molecule has 0 aromatic heterocycles. The van der Waals surface area contributed by atoms with Gasteiger partial charge in [-0.2, -0.15) is 0 Å². The van der Waals surface area contributed by atoms with Crippen molar-refractivity contribution < 1.29 is 14.2 Å². The maximum atomic E-state index is 5.63. The Bertz CT molecular complexity index is 747. The van der Waals surface area contributed by atoms with E-state index in [1.807, 2.05) is 43.3 Å². The van der Waals surface area contributed by atoms with Crippen LogP contribution in [0.25, 0.3) is 0 Å². The van der Waals surface area contributed by atoms with E-state index >= 15 is 0 Å². The van der Waals surface area contributed by atoms with E-state index in [-0.39, 0.29) is 0 Å². The largest absolute Gasteiger partial charge is 0.496 e. The minimum Gasteiger partial charge on any atom is -0.496 e. The average molecular weight is 371 g/mol. The van der Waals surface area contributed by atoms with Crippen LogP contribution >= 0.6 is 0 Å². The Balaban J connectivity index is 1.87. The van der Waals surface area contributed by atoms with Crippen LogP contribution in [0.4, 0.5) is 0 Å². The van der Waals surface area contributed by atoms with Gasteiger partial charge in [-0.05, 0) is 42.7 Å². The Labute approximate surface area is 161 Å². The van der Waals surface area contributed by atoms with Crippen LogP contribution in [-0.4, -0.2) is 40.4 Å². The number of methoxy groups -OCH3 is 2. The fourth-order valence-electron chi connectivity index (χ4n) is 2.73. The standard InChI is InChI=1S/C21H29N3O3/c1-5-27-20-14-16(10-11-19(20)26-4)15-24-21(22-2)23-13-12-17-8-6-7-9-18(17)25-3/h6-11,14H,5,12-13,15H2,1-4H3,(H2,22,23,24). The van der Waals surface area contributed by atoms with Crippen LogP contribution < -0.4 is 24.8 Å². The summed E-state index contributed by atoms with van der Waals surface area (Å²) in [7, 11) is 5.10. The first kappa shape index (κ1) is 20.4. The lowest BCUT2D eigenvalue weighted by Crippen LogP contribution is -2.37. The first-order chi connectivity index (χ1) is 13.2. The van der Waals surface area contributed by atoms with Gasteiger partial charge >= 0.3 is 0 Å². The van der Waals surface area contributed by atoms with Crippen LogP contribution in [0.3, 0.4) is 0 Å². The van der Waals surface area contributed by atoms with Gasteiger partial charge < -0.3 is 24.8 Å². The molecule has 0 aliphatic rings. The molecule has 2 rings (SSSR count). The van der Waals surface area contributed by atoms with Gasteiger partial charge in [-0.3, -0.25) is 4.99 Å². The minimum absolute atomic E-state index is 0.597. The number of nitrogens with one attached hydrogen (secondary N) is 2. The molecule has 0 amide bonds. The average Bonchev–Trinajstić information content (AvgIpc) is 2.71. The molecule has 146 valence electrons. The van der Waals surface area contributed by atoms with E-state index in [0.717, 1.165) is 41.7 Å². The van der Waals surface area contributed by atoms with E-state index in [1.165, 1.54) is 5.56 Å². The Morgan fingerprint density at radius 1 is 0.963 bits per heavy atom. The molecule has 2 aromatic carbocycles. The van der Waals surface area contributed by atoms with E-state index < -0.39 is 0 Å². The molecule has 0 unspecified atom stereocenters. The van der Waals surface area contributed by atoms with Crippen molar-refractivity contribution in [2.75, 3.05) is 34.4 Å². The molecule has 2 aromatic rings. The lowest BCUT2D eigenvalue weighted by molar-refractivity contribution is 0.310. The molecule has 27 heavy (non-hydrogen) atoms. The lowest BCUT2D eigenvalue weighted by Gasteiger charge is -2.14. The maximum absolute atomic E-state index is 5.63. The van der Waals surface area contributed by atoms with Gasteiger partial charge in [0.1, 0.15) is 5.75 Å². The van der Waals surface area contributed by atoms with Crippen LogP contribution in [0, 0.1) is 0 Å². The van der Waals surface area contributed by atoms with Gasteiger partial charge in [-0.25, -0.2) is 0 Å². The summed E-state index contributed by atoms with van der Waals surface area (Å²) >= 11 is 0. The third kappa shape index (κ3) is 6.09. The van der Waals surface area contributed by atoms with Gasteiger partial charge in [-0.1, -0.05) is 24.3 Å². The predicted molar refractivity (Wildman–Crippen MR) is 109 cm³/mol. The lowest BCUT2D eigenvalue weighted by atomic mass is 10.1. The highest BCUT2D eigenvalue weighted by atomic mass is 16.5. The molecule has 0 atom stereocenters. The van der Waals surface area contributed by atoms with Crippen LogP contribution in [0.2, 0.25) is 0 Å². The fourth-order valence-corrected chi connectivity index (χ4v) is 2.73. The van der Waals surface area contributed by atoms with E-state index in [1.54, 1.807) is 21.3 Å². The van der Waals surface area contributed by atoms with Crippen molar-refractivity contribution in [2.45, 2.75) is 19.9 Å². The smallest absolute Gasteiger partial charge is 0.191 e. The van der Waals surface area contributed by atoms with E-state index in [0.29, 0.717) is 13.2 Å². The van der Waals surface area contributed by atoms with Crippen LogP contribution in [0.5, 0.6) is 17.2 Å². The molecular formula is C21H29N3O3. The summed E-state index contributed by atoms with van der Waals surface area (Å²) in [4.78, 5) is 4.28. The topological polar surface area (TPSA) is 64.1 Å². The number of hydrogen-bond donors (Lipinski definition) is 2. The zero-order chi connectivity index (χ0) is 19.5. The summed E-state index contributed by atoms with van der Waals surface area (Å²) in [6.45, 7) is 3.95. The zero-order valence-corrected chi connectivity index (χ0v) is 16.5. The zero-order valence-electron chi connectivity index (χ0n) is 16.5. The molecule has 0 heterocycles. The summed E-state index contributed by atoms with van der Waals surface area (Å²) in [6.07, 6.45) is 0.849. The molecule has 0 saturated carbocycles. The normalized spacial score (nSPS) is 11.0. The Kier molecular flexibility index (Phi) is 8.29. The number of benzene rings is 2. The predicted octanol–water partition coefficient (Wildman–Crippen LogP) is 3.01. The third-order valence-corrected chi connectivity index (χ3v) is 4.09. The monoisotopic (exact) mass is 371 g/mol. The summed E-state index contributed by atoms with van der Waals surface area (Å²) < 4.78 is 16.3. The number of hydrogen-bond acceptors (Lipinski definition) is 4. The van der Waals surface area contributed by atoms with Gasteiger partial charge in [-0.15, -0.1) is 0 Å². The second kappa shape index (κ2) is 11.0. The second-order valence-corrected chi connectivity index (χ2v) is 5.83. The second-order valence-electron chi connectivity index (χ2n) is 5.83. The highest BCUT2D eigenvalue weighted by Crippen LogP contribution is 2.27. The molecule has 6 nitrogen and oxygen atoms in total. The molecule has 0 bridgehead atoms. The van der Waals surface area contributed by atoms with Crippen LogP contribution in [0.15, 0.2) is 47.5 Å². The van der Waals surface area contributed by atoms with Crippen LogP contribution in [-0.2, 0) is 13.0 Å². The Morgan fingerprint density at radius 3 is 2.44 bits per heavy atom. The first-order valence-electron chi connectivity index (χ1n) is 9.08. The van der Waals surface area contributed by atoms with E-state index in [4.69, 9.17) is 14.2 Å². The molecular weight excluding hydrogens is 342 g/mol. The van der Waals surface area contributed by atoms with Gasteiger partial charge in [0.15, 0.2) is 17.5 Å². The number of nitrogens with zero attached hydrogens (tertiary/aromatic N) is 1. The van der Waals surface area contributed by atoms with Gasteiger partial charge in [0.25, 0.3) is 0 Å². The molecule has 0 fully saturated rings. The van der Waals surface area contributed by atoms with Crippen molar-refractivity contribution in [3.63, 3.8) is 0 Å². The number of para-hydroxylation sites is 1. The number of ether oxygens (including phenoxy) is 3. The number of rotatable bonds is 9. The maximum Gasteiger partial charge on any atom is 0.191 e. The highest BCUT2D eigenvalue weighted by Gasteiger charge is 2.06. The van der Waals surface area contributed by atoms with E-state index in [9.17, 15) is 0 Å². The molecule has 6 heteroatoms. The third-order valence-electron chi connectivity index (χ3n) is 4.09. The van der Waals surface area contributed by atoms with Gasteiger partial charge in [0, 0.05) is 20.1 Å². The van der Waals surface area contributed by atoms with Crippen molar-refractivity contribution >= 4 is 5.96 Å². The quantitative estimate of drug-likeness (QED) is 0.524. The van der Waals surface area contributed by atoms with Crippen molar-refractivity contribution in [1.29, 1.82) is 0 Å². The SMILES string of the molecule is CCOc1cc(CNC(=NC)NCCc2ccccc2OC)ccc1OC. The van der Waals surface area contributed by atoms with Crippen molar-refractivity contribution in [3.8, 4) is 17.2 Å². The van der Waals surface area contributed by atoms with Crippen molar-refractivity contribution in [3.05, 3.63) is 53.6 Å². The fraction of sp³-hybridized carbons (Fsp3) is 0.381. The van der Waals surface area contributed by atoms with Crippen molar-refractivity contribution in [2.24, 2.45) is 4.99 Å². The summed E-state index contributed by atoms with van der Waals surface area (Å²) in [5.41, 5.74) is 2.26. The summed E-state index contributed by atoms with van der Waals surface area (Å²) in [5, 5.41) is 6.65. The summed E-state index contributed by atoms with van der Waals surface area (Å²) in [5.74, 6) is 3.14. The molecule has 0 radical (unpaired) electrons. The van der Waals surface area contributed by atoms with Crippen molar-refractivity contribution in [1.82, 2.24) is 10.6 Å².